The van der Waals surface area contributed by atoms with Crippen molar-refractivity contribution >= 4 is 16.8 Å². The summed E-state index contributed by atoms with van der Waals surface area (Å²) < 4.78 is 3.83. The summed E-state index contributed by atoms with van der Waals surface area (Å²) in [5.41, 5.74) is 1.45. The molecular formula is C19H25N7O. The summed E-state index contributed by atoms with van der Waals surface area (Å²) in [6.45, 7) is 0.767. The Bertz CT molecular complexity index is 981. The van der Waals surface area contributed by atoms with Crippen molar-refractivity contribution in [1.29, 1.82) is 0 Å². The number of rotatable bonds is 5. The summed E-state index contributed by atoms with van der Waals surface area (Å²) >= 11 is 0. The third-order valence-electron chi connectivity index (χ3n) is 5.27. The Morgan fingerprint density at radius 1 is 1.22 bits per heavy atom. The van der Waals surface area contributed by atoms with E-state index in [-0.39, 0.29) is 11.9 Å². The molecule has 2 aromatic heterocycles. The number of fused-ring (bicyclic) bond motifs is 1. The molecule has 1 N–H and O–H groups in total. The number of nitrogens with zero attached hydrogens (tertiary/aromatic N) is 6. The molecule has 4 rings (SSSR count). The first-order chi connectivity index (χ1) is 12.9. The number of carbonyl (C=O) groups excluding carboxylic acids is 1. The van der Waals surface area contributed by atoms with E-state index in [9.17, 15) is 4.79 Å². The number of carbonyl (C=O) groups is 1. The second-order valence-electron chi connectivity index (χ2n) is 7.60. The molecule has 0 unspecified atom stereocenters. The van der Waals surface area contributed by atoms with Crippen molar-refractivity contribution in [1.82, 2.24) is 34.8 Å². The maximum atomic E-state index is 12.7. The molecule has 0 atom stereocenters. The standard InChI is InChI=1S/C19H25N7O/c1-24(2)11-16-21-22-18(25(16)3)12-9-13(10-12)20-19(27)17-14-7-5-6-8-15(14)26(4)23-17/h5-8,12-13H,9-11H2,1-4H3,(H,20,27). The van der Waals surface area contributed by atoms with Gasteiger partial charge in [-0.1, -0.05) is 18.2 Å². The average molecular weight is 367 g/mol. The summed E-state index contributed by atoms with van der Waals surface area (Å²) in [5.74, 6) is 2.19. The molecule has 8 nitrogen and oxygen atoms in total. The number of nitrogens with one attached hydrogen (secondary N) is 1. The SMILES string of the molecule is CN(C)Cc1nnc(C2CC(NC(=O)c3nn(C)c4ccccc34)C2)n1C. The van der Waals surface area contributed by atoms with E-state index in [1.54, 1.807) is 4.68 Å². The van der Waals surface area contributed by atoms with Crippen molar-refractivity contribution in [2.75, 3.05) is 14.1 Å². The lowest BCUT2D eigenvalue weighted by molar-refractivity contribution is 0.0902. The molecule has 0 saturated heterocycles. The van der Waals surface area contributed by atoms with Gasteiger partial charge in [0.1, 0.15) is 11.6 Å². The highest BCUT2D eigenvalue weighted by atomic mass is 16.2. The van der Waals surface area contributed by atoms with E-state index >= 15 is 0 Å². The zero-order chi connectivity index (χ0) is 19.1. The summed E-state index contributed by atoms with van der Waals surface area (Å²) in [6.07, 6.45) is 1.76. The highest BCUT2D eigenvalue weighted by Crippen LogP contribution is 2.36. The van der Waals surface area contributed by atoms with Gasteiger partial charge in [-0.2, -0.15) is 5.10 Å². The maximum Gasteiger partial charge on any atom is 0.272 e. The number of aryl methyl sites for hydroxylation is 1. The topological polar surface area (TPSA) is 80.9 Å². The lowest BCUT2D eigenvalue weighted by Crippen LogP contribution is -2.44. The van der Waals surface area contributed by atoms with E-state index in [0.29, 0.717) is 11.6 Å². The van der Waals surface area contributed by atoms with Gasteiger partial charge in [0.25, 0.3) is 5.91 Å². The number of hydrogen-bond donors (Lipinski definition) is 1. The monoisotopic (exact) mass is 367 g/mol. The number of aromatic nitrogens is 5. The van der Waals surface area contributed by atoms with Gasteiger partial charge < -0.3 is 14.8 Å². The van der Waals surface area contributed by atoms with Crippen molar-refractivity contribution in [2.24, 2.45) is 14.1 Å². The van der Waals surface area contributed by atoms with E-state index in [0.717, 1.165) is 41.9 Å². The number of hydrogen-bond acceptors (Lipinski definition) is 5. The van der Waals surface area contributed by atoms with Gasteiger partial charge in [-0.05, 0) is 33.0 Å². The van der Waals surface area contributed by atoms with Gasteiger partial charge in [0, 0.05) is 31.4 Å². The molecule has 1 saturated carbocycles. The Morgan fingerprint density at radius 3 is 2.70 bits per heavy atom. The first-order valence-corrected chi connectivity index (χ1v) is 9.19. The van der Waals surface area contributed by atoms with Crippen LogP contribution in [0, 0.1) is 0 Å². The largest absolute Gasteiger partial charge is 0.348 e. The molecule has 1 aliphatic carbocycles. The van der Waals surface area contributed by atoms with E-state index in [2.05, 4.69) is 30.1 Å². The third-order valence-corrected chi connectivity index (χ3v) is 5.27. The van der Waals surface area contributed by atoms with Crippen LogP contribution in [0.15, 0.2) is 24.3 Å². The molecule has 2 heterocycles. The first kappa shape index (κ1) is 17.7. The minimum Gasteiger partial charge on any atom is -0.348 e. The Hall–Kier alpha value is -2.74. The highest BCUT2D eigenvalue weighted by Gasteiger charge is 2.35. The van der Waals surface area contributed by atoms with Crippen LogP contribution in [0.4, 0.5) is 0 Å². The van der Waals surface area contributed by atoms with Crippen molar-refractivity contribution in [3.05, 3.63) is 41.6 Å². The van der Waals surface area contributed by atoms with Crippen LogP contribution in [0.5, 0.6) is 0 Å². The molecule has 1 aliphatic rings. The Kier molecular flexibility index (Phi) is 4.43. The normalized spacial score (nSPS) is 19.4. The summed E-state index contributed by atoms with van der Waals surface area (Å²) in [4.78, 5) is 14.8. The minimum atomic E-state index is -0.110. The van der Waals surface area contributed by atoms with Gasteiger partial charge in [-0.15, -0.1) is 10.2 Å². The Morgan fingerprint density at radius 2 is 1.96 bits per heavy atom. The number of benzene rings is 1. The molecule has 142 valence electrons. The quantitative estimate of drug-likeness (QED) is 0.738. The molecule has 1 aromatic carbocycles. The van der Waals surface area contributed by atoms with Crippen molar-refractivity contribution in [3.63, 3.8) is 0 Å². The molecule has 1 amide bonds. The van der Waals surface area contributed by atoms with Gasteiger partial charge in [-0.25, -0.2) is 0 Å². The van der Waals surface area contributed by atoms with Crippen LogP contribution in [0.2, 0.25) is 0 Å². The minimum absolute atomic E-state index is 0.110. The summed E-state index contributed by atoms with van der Waals surface area (Å²) in [7, 11) is 7.91. The van der Waals surface area contributed by atoms with Gasteiger partial charge in [0.15, 0.2) is 5.69 Å². The van der Waals surface area contributed by atoms with Crippen molar-refractivity contribution in [3.8, 4) is 0 Å². The number of para-hydroxylation sites is 1. The highest BCUT2D eigenvalue weighted by molar-refractivity contribution is 6.04. The molecular weight excluding hydrogens is 342 g/mol. The fourth-order valence-electron chi connectivity index (χ4n) is 3.73. The zero-order valence-corrected chi connectivity index (χ0v) is 16.2. The van der Waals surface area contributed by atoms with Gasteiger partial charge in [0.2, 0.25) is 0 Å². The van der Waals surface area contributed by atoms with Gasteiger partial charge in [-0.3, -0.25) is 9.48 Å². The van der Waals surface area contributed by atoms with Crippen LogP contribution in [-0.2, 0) is 20.6 Å². The molecule has 0 aliphatic heterocycles. The second-order valence-corrected chi connectivity index (χ2v) is 7.60. The molecule has 1 fully saturated rings. The molecule has 8 heteroatoms. The van der Waals surface area contributed by atoms with Crippen molar-refractivity contribution in [2.45, 2.75) is 31.3 Å². The van der Waals surface area contributed by atoms with Crippen LogP contribution in [0.1, 0.15) is 40.9 Å². The maximum absolute atomic E-state index is 12.7. The van der Waals surface area contributed by atoms with Crippen molar-refractivity contribution < 1.29 is 4.79 Å². The predicted molar refractivity (Wildman–Crippen MR) is 102 cm³/mol. The summed E-state index contributed by atoms with van der Waals surface area (Å²) in [6, 6.07) is 7.94. The molecule has 3 aromatic rings. The molecule has 0 spiro atoms. The molecule has 0 radical (unpaired) electrons. The van der Waals surface area contributed by atoms with Crippen LogP contribution in [0.3, 0.4) is 0 Å². The van der Waals surface area contributed by atoms with Crippen LogP contribution in [0.25, 0.3) is 10.9 Å². The Labute approximate surface area is 158 Å². The van der Waals surface area contributed by atoms with E-state index in [4.69, 9.17) is 0 Å². The average Bonchev–Trinajstić information content (AvgIpc) is 3.12. The first-order valence-electron chi connectivity index (χ1n) is 9.19. The van der Waals surface area contributed by atoms with E-state index < -0.39 is 0 Å². The van der Waals surface area contributed by atoms with Gasteiger partial charge >= 0.3 is 0 Å². The van der Waals surface area contributed by atoms with Gasteiger partial charge in [0.05, 0.1) is 12.1 Å². The molecule has 27 heavy (non-hydrogen) atoms. The molecule has 0 bridgehead atoms. The lowest BCUT2D eigenvalue weighted by atomic mass is 9.79. The Balaban J connectivity index is 1.40. The summed E-state index contributed by atoms with van der Waals surface area (Å²) in [5, 5.41) is 17.1. The van der Waals surface area contributed by atoms with E-state index in [1.807, 2.05) is 52.5 Å². The third kappa shape index (κ3) is 3.21. The lowest BCUT2D eigenvalue weighted by Gasteiger charge is -2.34. The smallest absolute Gasteiger partial charge is 0.272 e. The van der Waals surface area contributed by atoms with Crippen LogP contribution in [-0.4, -0.2) is 55.5 Å². The van der Waals surface area contributed by atoms with E-state index in [1.165, 1.54) is 0 Å². The predicted octanol–water partition coefficient (Wildman–Crippen LogP) is 1.44. The number of amides is 1. The zero-order valence-electron chi connectivity index (χ0n) is 16.2. The van der Waals surface area contributed by atoms with Crippen LogP contribution >= 0.6 is 0 Å². The fraction of sp³-hybridized carbons (Fsp3) is 0.474. The fourth-order valence-corrected chi connectivity index (χ4v) is 3.73. The second kappa shape index (κ2) is 6.77. The van der Waals surface area contributed by atoms with Crippen LogP contribution < -0.4 is 5.32 Å².